The summed E-state index contributed by atoms with van der Waals surface area (Å²) in [4.78, 5) is 22.5. The lowest BCUT2D eigenvalue weighted by Gasteiger charge is -2.15. The third-order valence-corrected chi connectivity index (χ3v) is 2.97. The molecule has 0 radical (unpaired) electrons. The minimum atomic E-state index is -1.18. The van der Waals surface area contributed by atoms with Crippen LogP contribution >= 0.6 is 11.6 Å². The zero-order valence-corrected chi connectivity index (χ0v) is 11.7. The van der Waals surface area contributed by atoms with E-state index in [9.17, 15) is 9.59 Å². The maximum absolute atomic E-state index is 12.1. The molecule has 0 aliphatic carbocycles. The van der Waals surface area contributed by atoms with Crippen molar-refractivity contribution in [2.45, 2.75) is 20.8 Å². The summed E-state index contributed by atoms with van der Waals surface area (Å²) in [5.41, 5.74) is 1.63. The normalized spacial score (nSPS) is 10.7. The molecule has 0 aromatic heterocycles. The topological polar surface area (TPSA) is 63.6 Å². The van der Waals surface area contributed by atoms with E-state index in [2.05, 4.69) is 0 Å². The Hall–Kier alpha value is -1.81. The number of benzene rings is 1. The Morgan fingerprint density at radius 2 is 2.00 bits per heavy atom. The van der Waals surface area contributed by atoms with Crippen molar-refractivity contribution < 1.29 is 19.4 Å². The van der Waals surface area contributed by atoms with Crippen LogP contribution in [0.15, 0.2) is 18.2 Å². The monoisotopic (exact) mass is 282 g/mol. The molecule has 1 aromatic rings. The zero-order valence-electron chi connectivity index (χ0n) is 11.0. The van der Waals surface area contributed by atoms with Gasteiger partial charge in [0, 0.05) is 11.1 Å². The summed E-state index contributed by atoms with van der Waals surface area (Å²) >= 11 is 6.05. The molecule has 0 aliphatic heterocycles. The van der Waals surface area contributed by atoms with Crippen LogP contribution in [0.1, 0.15) is 28.4 Å². The number of carboxylic acid groups (broad SMARTS) is 1. The first-order valence-electron chi connectivity index (χ1n) is 5.76. The molecule has 5 heteroatoms. The van der Waals surface area contributed by atoms with Crippen molar-refractivity contribution >= 4 is 23.4 Å². The average Bonchev–Trinajstić information content (AvgIpc) is 2.33. The third-order valence-electron chi connectivity index (χ3n) is 2.57. The largest absolute Gasteiger partial charge is 0.493 e. The Kier molecular flexibility index (Phi) is 5.12. The molecule has 0 bridgehead atoms. The Balaban J connectivity index is 3.38. The fraction of sp³-hybridized carbons (Fsp3) is 0.286. The molecule has 4 nitrogen and oxygen atoms in total. The van der Waals surface area contributed by atoms with Gasteiger partial charge >= 0.3 is 5.97 Å². The highest BCUT2D eigenvalue weighted by molar-refractivity contribution is 6.32. The lowest BCUT2D eigenvalue weighted by molar-refractivity contribution is -0.131. The molecule has 19 heavy (non-hydrogen) atoms. The van der Waals surface area contributed by atoms with Crippen LogP contribution in [0, 0.1) is 13.8 Å². The Labute approximate surface area is 116 Å². The summed E-state index contributed by atoms with van der Waals surface area (Å²) in [5, 5.41) is 9.02. The van der Waals surface area contributed by atoms with Crippen LogP contribution in [0.2, 0.25) is 5.02 Å². The second-order valence-corrected chi connectivity index (χ2v) is 4.38. The molecule has 0 atom stereocenters. The number of carbonyl (C=O) groups excluding carboxylic acids is 1. The molecule has 0 spiro atoms. The van der Waals surface area contributed by atoms with E-state index in [1.807, 2.05) is 6.92 Å². The van der Waals surface area contributed by atoms with E-state index in [1.54, 1.807) is 19.9 Å². The van der Waals surface area contributed by atoms with Gasteiger partial charge in [-0.25, -0.2) is 4.79 Å². The summed E-state index contributed by atoms with van der Waals surface area (Å²) in [6.45, 7) is 5.70. The number of rotatable bonds is 5. The molecular weight excluding hydrogens is 268 g/mol. The zero-order chi connectivity index (χ0) is 14.6. The molecule has 102 valence electrons. The number of hydrogen-bond acceptors (Lipinski definition) is 3. The van der Waals surface area contributed by atoms with Crippen molar-refractivity contribution in [3.05, 3.63) is 39.9 Å². The maximum Gasteiger partial charge on any atom is 0.328 e. The summed E-state index contributed by atoms with van der Waals surface area (Å²) in [5.74, 6) is -1.17. The summed E-state index contributed by atoms with van der Waals surface area (Å²) in [6, 6.07) is 1.72. The van der Waals surface area contributed by atoms with Gasteiger partial charge in [0.2, 0.25) is 0 Å². The van der Waals surface area contributed by atoms with Crippen molar-refractivity contribution in [3.63, 3.8) is 0 Å². The van der Waals surface area contributed by atoms with Crippen LogP contribution in [0.5, 0.6) is 5.75 Å². The Morgan fingerprint density at radius 1 is 1.37 bits per heavy atom. The number of allylic oxidation sites excluding steroid dienone is 1. The number of aryl methyl sites for hydroxylation is 1. The van der Waals surface area contributed by atoms with Crippen LogP contribution in [0.4, 0.5) is 0 Å². The predicted octanol–water partition coefficient (Wildman–Crippen LogP) is 3.18. The van der Waals surface area contributed by atoms with Gasteiger partial charge in [0.05, 0.1) is 12.2 Å². The van der Waals surface area contributed by atoms with E-state index in [4.69, 9.17) is 21.4 Å². The van der Waals surface area contributed by atoms with E-state index in [0.29, 0.717) is 28.5 Å². The number of aliphatic carboxylic acids is 1. The summed E-state index contributed by atoms with van der Waals surface area (Å²) in [6.07, 6.45) is 1.80. The highest BCUT2D eigenvalue weighted by Gasteiger charge is 2.18. The lowest BCUT2D eigenvalue weighted by Crippen LogP contribution is -2.07. The molecule has 0 saturated heterocycles. The molecule has 0 heterocycles. The van der Waals surface area contributed by atoms with Gasteiger partial charge in [-0.1, -0.05) is 11.6 Å². The predicted molar refractivity (Wildman–Crippen MR) is 73.2 cm³/mol. The number of carbonyl (C=O) groups is 2. The SMILES string of the molecule is CCOc1c(C)cc(Cl)c(C)c1C(=O)/C=C/C(=O)O. The van der Waals surface area contributed by atoms with Crippen LogP contribution in [-0.2, 0) is 4.79 Å². The molecule has 0 fully saturated rings. The number of ketones is 1. The highest BCUT2D eigenvalue weighted by Crippen LogP contribution is 2.32. The number of carboxylic acids is 1. The van der Waals surface area contributed by atoms with Crippen molar-refractivity contribution in [2.24, 2.45) is 0 Å². The fourth-order valence-electron chi connectivity index (χ4n) is 1.71. The van der Waals surface area contributed by atoms with Gasteiger partial charge in [-0.2, -0.15) is 0 Å². The van der Waals surface area contributed by atoms with Gasteiger partial charge in [0.25, 0.3) is 0 Å². The maximum atomic E-state index is 12.1. The third kappa shape index (κ3) is 3.58. The van der Waals surface area contributed by atoms with Crippen LogP contribution in [0.3, 0.4) is 0 Å². The van der Waals surface area contributed by atoms with E-state index in [1.165, 1.54) is 0 Å². The van der Waals surface area contributed by atoms with E-state index >= 15 is 0 Å². The molecule has 1 N–H and O–H groups in total. The van der Waals surface area contributed by atoms with E-state index in [-0.39, 0.29) is 0 Å². The van der Waals surface area contributed by atoms with E-state index < -0.39 is 11.8 Å². The highest BCUT2D eigenvalue weighted by atomic mass is 35.5. The molecule has 0 unspecified atom stereocenters. The first-order valence-corrected chi connectivity index (χ1v) is 6.14. The number of ether oxygens (including phenoxy) is 1. The Bertz CT molecular complexity index is 547. The van der Waals surface area contributed by atoms with E-state index in [0.717, 1.165) is 17.7 Å². The van der Waals surface area contributed by atoms with Crippen molar-refractivity contribution in [1.29, 1.82) is 0 Å². The first-order chi connectivity index (χ1) is 8.88. The summed E-state index contributed by atoms with van der Waals surface area (Å²) in [7, 11) is 0. The minimum absolute atomic E-state index is 0.310. The minimum Gasteiger partial charge on any atom is -0.493 e. The standard InChI is InChI=1S/C14H15ClO4/c1-4-19-14-8(2)7-10(15)9(3)13(14)11(16)5-6-12(17)18/h5-7H,4H2,1-3H3,(H,17,18)/b6-5+. The second kappa shape index (κ2) is 6.38. The smallest absolute Gasteiger partial charge is 0.328 e. The second-order valence-electron chi connectivity index (χ2n) is 3.97. The summed E-state index contributed by atoms with van der Waals surface area (Å²) < 4.78 is 5.47. The molecule has 1 aromatic carbocycles. The number of halogens is 1. The van der Waals surface area contributed by atoms with Gasteiger partial charge in [0.15, 0.2) is 5.78 Å². The average molecular weight is 283 g/mol. The first kappa shape index (κ1) is 15.2. The van der Waals surface area contributed by atoms with Gasteiger partial charge < -0.3 is 9.84 Å². The van der Waals surface area contributed by atoms with Crippen LogP contribution < -0.4 is 4.74 Å². The van der Waals surface area contributed by atoms with Gasteiger partial charge in [-0.15, -0.1) is 0 Å². The quantitative estimate of drug-likeness (QED) is 0.665. The van der Waals surface area contributed by atoms with Crippen LogP contribution in [0.25, 0.3) is 0 Å². The van der Waals surface area contributed by atoms with Gasteiger partial charge in [-0.3, -0.25) is 4.79 Å². The van der Waals surface area contributed by atoms with Crippen LogP contribution in [-0.4, -0.2) is 23.5 Å². The van der Waals surface area contributed by atoms with Crippen molar-refractivity contribution in [2.75, 3.05) is 6.61 Å². The van der Waals surface area contributed by atoms with Gasteiger partial charge in [-0.05, 0) is 44.0 Å². The molecule has 1 rings (SSSR count). The van der Waals surface area contributed by atoms with Crippen molar-refractivity contribution in [1.82, 2.24) is 0 Å². The fourth-order valence-corrected chi connectivity index (χ4v) is 1.97. The molecular formula is C14H15ClO4. The molecule has 0 amide bonds. The van der Waals surface area contributed by atoms with Crippen molar-refractivity contribution in [3.8, 4) is 5.75 Å². The lowest BCUT2D eigenvalue weighted by atomic mass is 9.99. The van der Waals surface area contributed by atoms with Gasteiger partial charge in [0.1, 0.15) is 5.75 Å². The number of hydrogen-bond donors (Lipinski definition) is 1. The molecule has 0 saturated carbocycles. The Morgan fingerprint density at radius 3 is 2.53 bits per heavy atom. The molecule has 0 aliphatic rings.